The van der Waals surface area contributed by atoms with Crippen molar-refractivity contribution < 1.29 is 18.0 Å². The van der Waals surface area contributed by atoms with Crippen LogP contribution >= 0.6 is 11.8 Å². The summed E-state index contributed by atoms with van der Waals surface area (Å²) in [6.07, 6.45) is 0.308. The van der Waals surface area contributed by atoms with Crippen LogP contribution in [-0.2, 0) is 19.4 Å². The van der Waals surface area contributed by atoms with Gasteiger partial charge in [0.05, 0.1) is 23.2 Å². The van der Waals surface area contributed by atoms with Gasteiger partial charge >= 0.3 is 0 Å². The van der Waals surface area contributed by atoms with E-state index >= 15 is 0 Å². The molecule has 1 atom stereocenters. The predicted molar refractivity (Wildman–Crippen MR) is 80.2 cm³/mol. The SMILES string of the molecule is O=C(CSc1ccccc1)NNC(=O)[C@@H]1CCS(=O)(=O)C1. The molecule has 1 saturated heterocycles. The molecule has 2 amide bonds. The minimum Gasteiger partial charge on any atom is -0.273 e. The zero-order valence-corrected chi connectivity index (χ0v) is 12.9. The number of thioether (sulfide) groups is 1. The lowest BCUT2D eigenvalue weighted by Gasteiger charge is -2.10. The van der Waals surface area contributed by atoms with Crippen LogP contribution in [0.4, 0.5) is 0 Å². The first kappa shape index (κ1) is 15.8. The first-order valence-corrected chi connectivity index (χ1v) is 9.24. The quantitative estimate of drug-likeness (QED) is 0.615. The summed E-state index contributed by atoms with van der Waals surface area (Å²) in [6, 6.07) is 9.42. The fraction of sp³-hybridized carbons (Fsp3) is 0.385. The number of hydrazine groups is 1. The Hall–Kier alpha value is -1.54. The third-order valence-corrected chi connectivity index (χ3v) is 5.82. The minimum atomic E-state index is -3.10. The van der Waals surface area contributed by atoms with Gasteiger partial charge < -0.3 is 0 Å². The molecule has 1 aliphatic rings. The second-order valence-electron chi connectivity index (χ2n) is 4.74. The van der Waals surface area contributed by atoms with Crippen LogP contribution in [0, 0.1) is 5.92 Å². The zero-order chi connectivity index (χ0) is 15.3. The van der Waals surface area contributed by atoms with Crippen molar-refractivity contribution in [2.75, 3.05) is 17.3 Å². The first-order chi connectivity index (χ1) is 9.96. The highest BCUT2D eigenvalue weighted by Crippen LogP contribution is 2.18. The van der Waals surface area contributed by atoms with Crippen molar-refractivity contribution in [2.24, 2.45) is 5.92 Å². The molecular weight excluding hydrogens is 312 g/mol. The van der Waals surface area contributed by atoms with Gasteiger partial charge in [-0.1, -0.05) is 18.2 Å². The van der Waals surface area contributed by atoms with Crippen molar-refractivity contribution in [1.29, 1.82) is 0 Å². The van der Waals surface area contributed by atoms with Crippen LogP contribution in [0.1, 0.15) is 6.42 Å². The summed E-state index contributed by atoms with van der Waals surface area (Å²) in [4.78, 5) is 24.3. The molecule has 2 N–H and O–H groups in total. The third-order valence-electron chi connectivity index (χ3n) is 3.04. The van der Waals surface area contributed by atoms with E-state index in [0.717, 1.165) is 4.90 Å². The maximum absolute atomic E-state index is 11.7. The van der Waals surface area contributed by atoms with Crippen molar-refractivity contribution in [3.63, 3.8) is 0 Å². The standard InChI is InChI=1S/C13H16N2O4S2/c16-12(8-20-11-4-2-1-3-5-11)14-15-13(17)10-6-7-21(18,19)9-10/h1-5,10H,6-9H2,(H,14,16)(H,15,17)/t10-/m1/s1. The molecule has 0 aromatic heterocycles. The van der Waals surface area contributed by atoms with Gasteiger partial charge in [0.15, 0.2) is 9.84 Å². The van der Waals surface area contributed by atoms with Crippen LogP contribution in [0.3, 0.4) is 0 Å². The molecule has 0 radical (unpaired) electrons. The molecule has 1 fully saturated rings. The van der Waals surface area contributed by atoms with Gasteiger partial charge in [0, 0.05) is 4.90 Å². The van der Waals surface area contributed by atoms with Crippen LogP contribution in [0.25, 0.3) is 0 Å². The van der Waals surface area contributed by atoms with Crippen LogP contribution in [0.15, 0.2) is 35.2 Å². The van der Waals surface area contributed by atoms with Gasteiger partial charge in [-0.15, -0.1) is 11.8 Å². The van der Waals surface area contributed by atoms with Crippen LogP contribution in [-0.4, -0.2) is 37.5 Å². The van der Waals surface area contributed by atoms with Crippen molar-refractivity contribution >= 4 is 33.4 Å². The number of hydrogen-bond donors (Lipinski definition) is 2. The average Bonchev–Trinajstić information content (AvgIpc) is 2.84. The summed E-state index contributed by atoms with van der Waals surface area (Å²) in [5.41, 5.74) is 4.58. The van der Waals surface area contributed by atoms with Crippen molar-refractivity contribution in [2.45, 2.75) is 11.3 Å². The van der Waals surface area contributed by atoms with Gasteiger partial charge in [-0.2, -0.15) is 0 Å². The number of rotatable bonds is 4. The fourth-order valence-corrected chi connectivity index (χ4v) is 4.40. The molecule has 1 heterocycles. The number of benzene rings is 1. The highest BCUT2D eigenvalue weighted by molar-refractivity contribution is 8.00. The molecule has 0 spiro atoms. The number of amides is 2. The molecule has 114 valence electrons. The summed E-state index contributed by atoms with van der Waals surface area (Å²) in [7, 11) is -3.10. The van der Waals surface area contributed by atoms with Crippen molar-refractivity contribution in [3.8, 4) is 0 Å². The molecule has 21 heavy (non-hydrogen) atoms. The van der Waals surface area contributed by atoms with Crippen molar-refractivity contribution in [1.82, 2.24) is 10.9 Å². The Morgan fingerprint density at radius 1 is 1.19 bits per heavy atom. The average molecular weight is 328 g/mol. The van der Waals surface area contributed by atoms with E-state index in [1.807, 2.05) is 30.3 Å². The van der Waals surface area contributed by atoms with Crippen LogP contribution in [0.2, 0.25) is 0 Å². The molecule has 0 aliphatic carbocycles. The molecule has 1 aliphatic heterocycles. The van der Waals surface area contributed by atoms with E-state index in [-0.39, 0.29) is 23.2 Å². The molecule has 8 heteroatoms. The van der Waals surface area contributed by atoms with Gasteiger partial charge in [-0.25, -0.2) is 8.42 Å². The Morgan fingerprint density at radius 3 is 2.52 bits per heavy atom. The Labute approximate surface area is 127 Å². The molecule has 0 saturated carbocycles. The molecule has 0 unspecified atom stereocenters. The summed E-state index contributed by atoms with van der Waals surface area (Å²) in [5, 5.41) is 0. The highest BCUT2D eigenvalue weighted by atomic mass is 32.2. The smallest absolute Gasteiger partial charge is 0.248 e. The second-order valence-corrected chi connectivity index (χ2v) is 8.02. The van der Waals surface area contributed by atoms with Gasteiger partial charge in [0.25, 0.3) is 0 Å². The van der Waals surface area contributed by atoms with Gasteiger partial charge in [-0.3, -0.25) is 20.4 Å². The normalized spacial score (nSPS) is 19.9. The van der Waals surface area contributed by atoms with Gasteiger partial charge in [-0.05, 0) is 18.6 Å². The lowest BCUT2D eigenvalue weighted by atomic mass is 10.1. The maximum atomic E-state index is 11.7. The number of hydrogen-bond acceptors (Lipinski definition) is 5. The molecule has 1 aromatic rings. The Morgan fingerprint density at radius 2 is 1.90 bits per heavy atom. The highest BCUT2D eigenvalue weighted by Gasteiger charge is 2.33. The predicted octanol–water partition coefficient (Wildman–Crippen LogP) is 0.361. The van der Waals surface area contributed by atoms with E-state index in [4.69, 9.17) is 0 Å². The summed E-state index contributed by atoms with van der Waals surface area (Å²) < 4.78 is 22.5. The monoisotopic (exact) mass is 328 g/mol. The van der Waals surface area contributed by atoms with E-state index in [9.17, 15) is 18.0 Å². The third kappa shape index (κ3) is 5.05. The fourth-order valence-electron chi connectivity index (χ4n) is 1.94. The summed E-state index contributed by atoms with van der Waals surface area (Å²) in [5.74, 6) is -1.30. The maximum Gasteiger partial charge on any atom is 0.248 e. The zero-order valence-electron chi connectivity index (χ0n) is 11.2. The first-order valence-electron chi connectivity index (χ1n) is 6.43. The summed E-state index contributed by atoms with van der Waals surface area (Å²) >= 11 is 1.35. The molecular formula is C13H16N2O4S2. The lowest BCUT2D eigenvalue weighted by Crippen LogP contribution is -2.45. The largest absolute Gasteiger partial charge is 0.273 e. The Balaban J connectivity index is 1.70. The summed E-state index contributed by atoms with van der Waals surface area (Å²) in [6.45, 7) is 0. The molecule has 6 nitrogen and oxygen atoms in total. The molecule has 1 aromatic carbocycles. The van der Waals surface area contributed by atoms with Crippen LogP contribution < -0.4 is 10.9 Å². The molecule has 2 rings (SSSR count). The van der Waals surface area contributed by atoms with Gasteiger partial charge in [0.2, 0.25) is 11.8 Å². The molecule has 0 bridgehead atoms. The van der Waals surface area contributed by atoms with E-state index in [2.05, 4.69) is 10.9 Å². The van der Waals surface area contributed by atoms with E-state index < -0.39 is 21.7 Å². The number of carbonyl (C=O) groups excluding carboxylic acids is 2. The lowest BCUT2D eigenvalue weighted by molar-refractivity contribution is -0.129. The number of sulfone groups is 1. The van der Waals surface area contributed by atoms with E-state index in [1.54, 1.807) is 0 Å². The second kappa shape index (κ2) is 6.95. The number of carbonyl (C=O) groups is 2. The van der Waals surface area contributed by atoms with E-state index in [1.165, 1.54) is 11.8 Å². The van der Waals surface area contributed by atoms with E-state index in [0.29, 0.717) is 6.42 Å². The van der Waals surface area contributed by atoms with Crippen LogP contribution in [0.5, 0.6) is 0 Å². The topological polar surface area (TPSA) is 92.3 Å². The number of nitrogens with one attached hydrogen (secondary N) is 2. The van der Waals surface area contributed by atoms with Gasteiger partial charge in [0.1, 0.15) is 0 Å². The Bertz CT molecular complexity index is 616. The Kier molecular flexibility index (Phi) is 5.24. The van der Waals surface area contributed by atoms with Crippen molar-refractivity contribution in [3.05, 3.63) is 30.3 Å². The minimum absolute atomic E-state index is 0.0306.